The summed E-state index contributed by atoms with van der Waals surface area (Å²) in [4.78, 5) is 39.1. The van der Waals surface area contributed by atoms with Gasteiger partial charge >= 0.3 is 11.9 Å². The molecule has 2 aromatic carbocycles. The fraction of sp³-hybridized carbons (Fsp3) is 0.486. The zero-order chi connectivity index (χ0) is 32.9. The number of nitro benzene ring substituents is 1. The van der Waals surface area contributed by atoms with Crippen molar-refractivity contribution in [3.05, 3.63) is 92.3 Å². The van der Waals surface area contributed by atoms with Gasteiger partial charge in [0, 0.05) is 40.8 Å². The average molecular weight is 653 g/mol. The van der Waals surface area contributed by atoms with Crippen LogP contribution in [0.15, 0.2) is 76.0 Å². The molecule has 2 atom stereocenters. The highest BCUT2D eigenvalue weighted by Crippen LogP contribution is 2.41. The minimum Gasteiger partial charge on any atom is -0.466 e. The minimum absolute atomic E-state index is 0.0765. The second kappa shape index (κ2) is 17.9. The number of nitrogens with one attached hydrogen (secondary N) is 1. The number of methoxy groups -OCH3 is 1. The van der Waals surface area contributed by atoms with E-state index in [9.17, 15) is 19.7 Å². The van der Waals surface area contributed by atoms with Crippen molar-refractivity contribution in [1.82, 2.24) is 5.32 Å². The maximum atomic E-state index is 13.7. The van der Waals surface area contributed by atoms with Gasteiger partial charge in [-0.15, -0.1) is 11.8 Å². The fourth-order valence-corrected chi connectivity index (χ4v) is 6.50. The third kappa shape index (κ3) is 9.43. The molecule has 2 heterocycles. The molecule has 0 radical (unpaired) electrons. The molecule has 0 amide bonds. The molecule has 1 fully saturated rings. The first-order chi connectivity index (χ1) is 22.4. The molecule has 1 saturated heterocycles. The smallest absolute Gasteiger partial charge is 0.336 e. The van der Waals surface area contributed by atoms with Crippen molar-refractivity contribution in [1.29, 1.82) is 0 Å². The zero-order valence-electron chi connectivity index (χ0n) is 26.9. The highest BCUT2D eigenvalue weighted by molar-refractivity contribution is 7.99. The number of ether oxygens (including phenoxy) is 4. The quantitative estimate of drug-likeness (QED) is 0.0667. The summed E-state index contributed by atoms with van der Waals surface area (Å²) in [5.41, 5.74) is 3.34. The first kappa shape index (κ1) is 35.2. The van der Waals surface area contributed by atoms with Crippen molar-refractivity contribution in [3.63, 3.8) is 0 Å². The Balaban J connectivity index is 1.39. The summed E-state index contributed by atoms with van der Waals surface area (Å²) in [5.74, 6) is -1.28. The molecule has 2 aliphatic rings. The predicted octanol–water partition coefficient (Wildman–Crippen LogP) is 6.98. The van der Waals surface area contributed by atoms with E-state index in [0.717, 1.165) is 49.4 Å². The highest BCUT2D eigenvalue weighted by atomic mass is 32.2. The normalized spacial score (nSPS) is 18.2. The van der Waals surface area contributed by atoms with Gasteiger partial charge in [-0.2, -0.15) is 0 Å². The van der Waals surface area contributed by atoms with Crippen LogP contribution in [-0.2, 0) is 35.0 Å². The van der Waals surface area contributed by atoms with Gasteiger partial charge in [0.1, 0.15) is 0 Å². The molecule has 0 spiro atoms. The van der Waals surface area contributed by atoms with Crippen molar-refractivity contribution >= 4 is 29.4 Å². The Morgan fingerprint density at radius 2 is 1.80 bits per heavy atom. The van der Waals surface area contributed by atoms with Crippen LogP contribution < -0.4 is 5.32 Å². The summed E-state index contributed by atoms with van der Waals surface area (Å²) in [7, 11) is 1.28. The number of benzene rings is 2. The lowest BCUT2D eigenvalue weighted by Crippen LogP contribution is -2.34. The molecule has 2 unspecified atom stereocenters. The third-order valence-electron chi connectivity index (χ3n) is 7.97. The number of allylic oxidation sites excluding steroid dienone is 2. The number of nitrogens with zero attached hydrogens (tertiary/aromatic N) is 1. The number of carbonyl (C=O) groups excluding carboxylic acids is 2. The lowest BCUT2D eigenvalue weighted by atomic mass is 9.79. The summed E-state index contributed by atoms with van der Waals surface area (Å²) in [6.07, 6.45) is 6.36. The lowest BCUT2D eigenvalue weighted by molar-refractivity contribution is -0.384. The SMILES string of the molecule is CCCC1=C(C(=O)OCCCSc2ccc(CCOC3CCCCO3)cc2)C(c2cccc([N+](=O)[O-])c2)C(C(=O)OC)=C(CC)N1. The van der Waals surface area contributed by atoms with Gasteiger partial charge in [0.05, 0.1) is 42.3 Å². The van der Waals surface area contributed by atoms with E-state index in [1.54, 1.807) is 23.9 Å². The van der Waals surface area contributed by atoms with Gasteiger partial charge in [-0.3, -0.25) is 10.1 Å². The first-order valence-corrected chi connectivity index (χ1v) is 17.0. The lowest BCUT2D eigenvalue weighted by Gasteiger charge is -2.32. The number of hydrogen-bond donors (Lipinski definition) is 1. The molecule has 0 bridgehead atoms. The molecular formula is C35H44N2O8S. The maximum Gasteiger partial charge on any atom is 0.336 e. The Morgan fingerprint density at radius 3 is 2.48 bits per heavy atom. The van der Waals surface area contributed by atoms with E-state index >= 15 is 0 Å². The standard InChI is InChI=1S/C35H44N2O8S/c1-4-10-29-33(31(25-11-8-12-26(23-25)37(40)41)32(34(38)42-3)28(5-2)36-29)35(39)45-20-9-22-46-27-16-14-24(15-17-27)18-21-44-30-13-6-7-19-43-30/h8,11-12,14-17,23,30-31,36H,4-7,9-10,13,18-22H2,1-3H3. The second-order valence-corrected chi connectivity index (χ2v) is 12.4. The summed E-state index contributed by atoms with van der Waals surface area (Å²) < 4.78 is 22.4. The predicted molar refractivity (Wildman–Crippen MR) is 176 cm³/mol. The van der Waals surface area contributed by atoms with E-state index in [0.29, 0.717) is 42.8 Å². The fourth-order valence-electron chi connectivity index (χ4n) is 5.67. The molecule has 2 aromatic rings. The first-order valence-electron chi connectivity index (χ1n) is 16.0. The molecule has 46 heavy (non-hydrogen) atoms. The molecule has 1 N–H and O–H groups in total. The van der Waals surface area contributed by atoms with Gasteiger partial charge in [-0.25, -0.2) is 9.59 Å². The van der Waals surface area contributed by atoms with Gasteiger partial charge in [0.2, 0.25) is 0 Å². The number of nitro groups is 1. The third-order valence-corrected chi connectivity index (χ3v) is 9.07. The topological polar surface area (TPSA) is 126 Å². The van der Waals surface area contributed by atoms with Gasteiger partial charge in [0.15, 0.2) is 6.29 Å². The van der Waals surface area contributed by atoms with Crippen molar-refractivity contribution in [2.24, 2.45) is 0 Å². The van der Waals surface area contributed by atoms with E-state index in [1.807, 2.05) is 13.8 Å². The number of non-ortho nitro benzene ring substituents is 1. The number of rotatable bonds is 16. The van der Waals surface area contributed by atoms with E-state index in [4.69, 9.17) is 18.9 Å². The number of hydrogen-bond acceptors (Lipinski definition) is 10. The van der Waals surface area contributed by atoms with Crippen LogP contribution in [0, 0.1) is 10.1 Å². The van der Waals surface area contributed by atoms with Crippen LogP contribution in [0.25, 0.3) is 0 Å². The Hall–Kier alpha value is -3.67. The molecular weight excluding hydrogens is 608 g/mol. The summed E-state index contributed by atoms with van der Waals surface area (Å²) >= 11 is 1.68. The van der Waals surface area contributed by atoms with E-state index in [2.05, 4.69) is 29.6 Å². The van der Waals surface area contributed by atoms with E-state index in [1.165, 1.54) is 24.8 Å². The van der Waals surface area contributed by atoms with Crippen LogP contribution in [0.5, 0.6) is 0 Å². The monoisotopic (exact) mass is 652 g/mol. The average Bonchev–Trinajstić information content (AvgIpc) is 3.08. The van der Waals surface area contributed by atoms with E-state index in [-0.39, 0.29) is 29.7 Å². The van der Waals surface area contributed by atoms with Gasteiger partial charge < -0.3 is 24.3 Å². The van der Waals surface area contributed by atoms with Crippen molar-refractivity contribution < 1.29 is 33.5 Å². The van der Waals surface area contributed by atoms with Crippen LogP contribution in [0.3, 0.4) is 0 Å². The summed E-state index contributed by atoms with van der Waals surface area (Å²) in [5, 5.41) is 14.9. The molecule has 11 heteroatoms. The number of dihydropyridines is 1. The highest BCUT2D eigenvalue weighted by Gasteiger charge is 2.39. The maximum absolute atomic E-state index is 13.7. The number of thioether (sulfide) groups is 1. The van der Waals surface area contributed by atoms with E-state index < -0.39 is 22.8 Å². The van der Waals surface area contributed by atoms with Crippen molar-refractivity contribution in [3.8, 4) is 0 Å². The Bertz CT molecular complexity index is 1420. The second-order valence-electron chi connectivity index (χ2n) is 11.2. The Kier molecular flexibility index (Phi) is 13.7. The van der Waals surface area contributed by atoms with Crippen LogP contribution in [0.2, 0.25) is 0 Å². The molecule has 0 saturated carbocycles. The number of esters is 2. The van der Waals surface area contributed by atoms with Gasteiger partial charge in [-0.1, -0.05) is 44.5 Å². The summed E-state index contributed by atoms with van der Waals surface area (Å²) in [6.45, 7) is 5.49. The summed E-state index contributed by atoms with van der Waals surface area (Å²) in [6, 6.07) is 14.4. The van der Waals surface area contributed by atoms with Crippen LogP contribution in [0.4, 0.5) is 5.69 Å². The molecule has 0 aliphatic carbocycles. The van der Waals surface area contributed by atoms with Crippen LogP contribution in [0.1, 0.15) is 75.8 Å². The molecule has 10 nitrogen and oxygen atoms in total. The molecule has 248 valence electrons. The van der Waals surface area contributed by atoms with Crippen LogP contribution in [-0.4, -0.2) is 55.8 Å². The Labute approximate surface area is 275 Å². The molecule has 0 aromatic heterocycles. The molecule has 4 rings (SSSR count). The minimum atomic E-state index is -0.869. The molecule has 2 aliphatic heterocycles. The van der Waals surface area contributed by atoms with Gasteiger partial charge in [0.25, 0.3) is 5.69 Å². The Morgan fingerprint density at radius 1 is 1.02 bits per heavy atom. The largest absolute Gasteiger partial charge is 0.466 e. The van der Waals surface area contributed by atoms with Gasteiger partial charge in [-0.05, 0) is 68.2 Å². The van der Waals surface area contributed by atoms with Crippen molar-refractivity contribution in [2.75, 3.05) is 32.7 Å². The van der Waals surface area contributed by atoms with Crippen molar-refractivity contribution in [2.45, 2.75) is 82.3 Å². The zero-order valence-corrected chi connectivity index (χ0v) is 27.7. The number of carbonyl (C=O) groups is 2. The van der Waals surface area contributed by atoms with Crippen LogP contribution >= 0.6 is 11.8 Å².